The number of ether oxygens (including phenoxy) is 1. The third-order valence-corrected chi connectivity index (χ3v) is 4.41. The lowest BCUT2D eigenvalue weighted by atomic mass is 10.0. The van der Waals surface area contributed by atoms with Crippen molar-refractivity contribution in [2.75, 3.05) is 13.7 Å². The molecule has 1 aromatic carbocycles. The van der Waals surface area contributed by atoms with Crippen LogP contribution in [0.25, 0.3) is 0 Å². The third kappa shape index (κ3) is 3.33. The van der Waals surface area contributed by atoms with Crippen molar-refractivity contribution in [3.63, 3.8) is 0 Å². The van der Waals surface area contributed by atoms with Crippen molar-refractivity contribution >= 4 is 21.8 Å². The van der Waals surface area contributed by atoms with E-state index in [0.717, 1.165) is 28.6 Å². The lowest BCUT2D eigenvalue weighted by Gasteiger charge is -2.21. The molecule has 0 radical (unpaired) electrons. The molecule has 1 aliphatic carbocycles. The van der Waals surface area contributed by atoms with Gasteiger partial charge in [0.25, 0.3) is 5.91 Å². The van der Waals surface area contributed by atoms with Gasteiger partial charge >= 0.3 is 0 Å². The number of para-hydroxylation sites is 1. The summed E-state index contributed by atoms with van der Waals surface area (Å²) in [7, 11) is 1.63. The molecule has 0 unspecified atom stereocenters. The molecule has 0 spiro atoms. The fourth-order valence-electron chi connectivity index (χ4n) is 2.64. The van der Waals surface area contributed by atoms with Crippen LogP contribution in [-0.4, -0.2) is 30.3 Å². The van der Waals surface area contributed by atoms with Crippen LogP contribution in [0.1, 0.15) is 31.2 Å². The first-order valence-electron chi connectivity index (χ1n) is 6.89. The van der Waals surface area contributed by atoms with Gasteiger partial charge in [0.05, 0.1) is 11.6 Å². The fourth-order valence-corrected chi connectivity index (χ4v) is 3.21. The number of hydrogen-bond donors (Lipinski definition) is 2. The summed E-state index contributed by atoms with van der Waals surface area (Å²) in [6.45, 7) is 0.494. The first-order chi connectivity index (χ1) is 9.57. The van der Waals surface area contributed by atoms with Crippen LogP contribution in [-0.2, 0) is 11.2 Å². The monoisotopic (exact) mass is 341 g/mol. The molecule has 1 aromatic rings. The molecule has 110 valence electrons. The lowest BCUT2D eigenvalue weighted by molar-refractivity contribution is -0.139. The van der Waals surface area contributed by atoms with Crippen molar-refractivity contribution in [3.05, 3.63) is 28.2 Å². The lowest BCUT2D eigenvalue weighted by Crippen LogP contribution is -2.45. The minimum absolute atomic E-state index is 0.246. The second kappa shape index (κ2) is 6.59. The van der Waals surface area contributed by atoms with Crippen LogP contribution in [0, 0.1) is 0 Å². The molecule has 4 nitrogen and oxygen atoms in total. The Hall–Kier alpha value is -1.07. The predicted octanol–water partition coefficient (Wildman–Crippen LogP) is 2.42. The Morgan fingerprint density at radius 1 is 1.45 bits per heavy atom. The van der Waals surface area contributed by atoms with Crippen LogP contribution in [0.5, 0.6) is 5.75 Å². The van der Waals surface area contributed by atoms with E-state index in [9.17, 15) is 9.90 Å². The first-order valence-corrected chi connectivity index (χ1v) is 7.68. The van der Waals surface area contributed by atoms with E-state index in [4.69, 9.17) is 4.74 Å². The number of carbonyl (C=O) groups is 1. The van der Waals surface area contributed by atoms with Gasteiger partial charge < -0.3 is 15.2 Å². The highest BCUT2D eigenvalue weighted by molar-refractivity contribution is 9.10. The Bertz CT molecular complexity index is 484. The number of rotatable bonds is 5. The van der Waals surface area contributed by atoms with E-state index < -0.39 is 5.60 Å². The summed E-state index contributed by atoms with van der Waals surface area (Å²) in [4.78, 5) is 12.0. The first kappa shape index (κ1) is 15.3. The molecule has 2 N–H and O–H groups in total. The zero-order chi connectivity index (χ0) is 14.6. The van der Waals surface area contributed by atoms with Gasteiger partial charge in [-0.05, 0) is 59.7 Å². The standard InChI is InChI=1S/C15H20BrNO3/c1-20-13-11(5-4-6-12(13)16)7-10-17-14(18)15(19)8-2-3-9-15/h4-6,19H,2-3,7-10H2,1H3,(H,17,18). The number of carbonyl (C=O) groups excluding carboxylic acids is 1. The molecule has 0 heterocycles. The predicted molar refractivity (Wildman–Crippen MR) is 80.8 cm³/mol. The summed E-state index contributed by atoms with van der Waals surface area (Å²) >= 11 is 3.44. The molecular formula is C15H20BrNO3. The van der Waals surface area contributed by atoms with Crippen molar-refractivity contribution in [3.8, 4) is 5.75 Å². The Labute approximate surface area is 127 Å². The van der Waals surface area contributed by atoms with Gasteiger partial charge in [0.15, 0.2) is 0 Å². The third-order valence-electron chi connectivity index (χ3n) is 3.79. The molecule has 0 atom stereocenters. The summed E-state index contributed by atoms with van der Waals surface area (Å²) in [5.41, 5.74) is -0.123. The van der Waals surface area contributed by atoms with E-state index in [0.29, 0.717) is 25.8 Å². The average molecular weight is 342 g/mol. The zero-order valence-corrected chi connectivity index (χ0v) is 13.2. The van der Waals surface area contributed by atoms with Gasteiger partial charge in [-0.1, -0.05) is 12.1 Å². The van der Waals surface area contributed by atoms with E-state index in [1.165, 1.54) is 0 Å². The Balaban J connectivity index is 1.90. The topological polar surface area (TPSA) is 58.6 Å². The molecule has 1 aliphatic rings. The van der Waals surface area contributed by atoms with Gasteiger partial charge in [-0.2, -0.15) is 0 Å². The summed E-state index contributed by atoms with van der Waals surface area (Å²) < 4.78 is 6.25. The van der Waals surface area contributed by atoms with Crippen LogP contribution in [0.4, 0.5) is 0 Å². The Morgan fingerprint density at radius 3 is 2.80 bits per heavy atom. The van der Waals surface area contributed by atoms with E-state index in [1.54, 1.807) is 7.11 Å². The normalized spacial score (nSPS) is 16.9. The maximum absolute atomic E-state index is 12.0. The van der Waals surface area contributed by atoms with Gasteiger partial charge in [-0.3, -0.25) is 4.79 Å². The summed E-state index contributed by atoms with van der Waals surface area (Å²) in [5.74, 6) is 0.547. The minimum atomic E-state index is -1.15. The summed E-state index contributed by atoms with van der Waals surface area (Å²) in [6, 6.07) is 5.83. The van der Waals surface area contributed by atoms with Gasteiger partial charge in [0.1, 0.15) is 11.4 Å². The quantitative estimate of drug-likeness (QED) is 0.864. The smallest absolute Gasteiger partial charge is 0.251 e. The molecule has 0 aromatic heterocycles. The molecule has 1 saturated carbocycles. The van der Waals surface area contributed by atoms with E-state index in [1.807, 2.05) is 18.2 Å². The largest absolute Gasteiger partial charge is 0.495 e. The van der Waals surface area contributed by atoms with Crippen LogP contribution in [0.2, 0.25) is 0 Å². The SMILES string of the molecule is COc1c(Br)cccc1CCNC(=O)C1(O)CCCC1. The number of nitrogens with one attached hydrogen (secondary N) is 1. The number of benzene rings is 1. The second-order valence-electron chi connectivity index (χ2n) is 5.18. The van der Waals surface area contributed by atoms with Gasteiger partial charge in [0, 0.05) is 6.54 Å². The summed E-state index contributed by atoms with van der Waals surface area (Å²) in [6.07, 6.45) is 3.65. The highest BCUT2D eigenvalue weighted by Gasteiger charge is 2.38. The molecular weight excluding hydrogens is 322 g/mol. The molecule has 1 amide bonds. The molecule has 2 rings (SSSR count). The average Bonchev–Trinajstić information content (AvgIpc) is 2.87. The number of hydrogen-bond acceptors (Lipinski definition) is 3. The minimum Gasteiger partial charge on any atom is -0.495 e. The van der Waals surface area contributed by atoms with Gasteiger partial charge in [-0.25, -0.2) is 0 Å². The van der Waals surface area contributed by atoms with Crippen molar-refractivity contribution in [2.45, 2.75) is 37.7 Å². The summed E-state index contributed by atoms with van der Waals surface area (Å²) in [5, 5.41) is 13.0. The van der Waals surface area contributed by atoms with E-state index >= 15 is 0 Å². The highest BCUT2D eigenvalue weighted by atomic mass is 79.9. The van der Waals surface area contributed by atoms with Crippen LogP contribution in [0.3, 0.4) is 0 Å². The molecule has 0 bridgehead atoms. The molecule has 0 saturated heterocycles. The zero-order valence-electron chi connectivity index (χ0n) is 11.6. The number of aliphatic hydroxyl groups is 1. The Morgan fingerprint density at radius 2 is 2.15 bits per heavy atom. The van der Waals surface area contributed by atoms with E-state index in [-0.39, 0.29) is 5.91 Å². The van der Waals surface area contributed by atoms with Crippen LogP contribution < -0.4 is 10.1 Å². The van der Waals surface area contributed by atoms with Crippen LogP contribution >= 0.6 is 15.9 Å². The number of amides is 1. The number of methoxy groups -OCH3 is 1. The maximum atomic E-state index is 12.0. The van der Waals surface area contributed by atoms with Crippen molar-refractivity contribution in [1.82, 2.24) is 5.32 Å². The number of halogens is 1. The maximum Gasteiger partial charge on any atom is 0.251 e. The highest BCUT2D eigenvalue weighted by Crippen LogP contribution is 2.30. The van der Waals surface area contributed by atoms with Gasteiger partial charge in [0.2, 0.25) is 0 Å². The van der Waals surface area contributed by atoms with Crippen molar-refractivity contribution in [1.29, 1.82) is 0 Å². The molecule has 1 fully saturated rings. The van der Waals surface area contributed by atoms with Crippen LogP contribution in [0.15, 0.2) is 22.7 Å². The fraction of sp³-hybridized carbons (Fsp3) is 0.533. The molecule has 0 aliphatic heterocycles. The van der Waals surface area contributed by atoms with E-state index in [2.05, 4.69) is 21.2 Å². The second-order valence-corrected chi connectivity index (χ2v) is 6.03. The Kier molecular flexibility index (Phi) is 5.05. The van der Waals surface area contributed by atoms with Crippen molar-refractivity contribution in [2.24, 2.45) is 0 Å². The molecule has 5 heteroatoms. The molecule has 20 heavy (non-hydrogen) atoms. The van der Waals surface area contributed by atoms with Crippen molar-refractivity contribution < 1.29 is 14.6 Å². The van der Waals surface area contributed by atoms with Gasteiger partial charge in [-0.15, -0.1) is 0 Å².